The van der Waals surface area contributed by atoms with Crippen molar-refractivity contribution in [1.29, 1.82) is 0 Å². The fourth-order valence-corrected chi connectivity index (χ4v) is 2.49. The van der Waals surface area contributed by atoms with Crippen molar-refractivity contribution >= 4 is 5.69 Å². The zero-order valence-electron chi connectivity index (χ0n) is 11.3. The molecule has 3 atom stereocenters. The third-order valence-electron chi connectivity index (χ3n) is 3.50. The maximum Gasteiger partial charge on any atom is 0.130 e. The number of rotatable bonds is 3. The molecule has 1 aromatic carbocycles. The second kappa shape index (κ2) is 5.86. The van der Waals surface area contributed by atoms with Gasteiger partial charge in [0.2, 0.25) is 0 Å². The lowest BCUT2D eigenvalue weighted by Gasteiger charge is -2.40. The monoisotopic (exact) mass is 268 g/mol. The molecule has 0 bridgehead atoms. The number of halogens is 1. The number of nitrogens with two attached hydrogens (primary N) is 1. The number of morpholine rings is 1. The third kappa shape index (κ3) is 2.88. The topological polar surface area (TPSA) is 58.7 Å². The van der Waals surface area contributed by atoms with Gasteiger partial charge in [0.15, 0.2) is 0 Å². The van der Waals surface area contributed by atoms with E-state index in [0.717, 1.165) is 5.69 Å². The van der Waals surface area contributed by atoms with Crippen LogP contribution in [0.25, 0.3) is 0 Å². The second-order valence-corrected chi connectivity index (χ2v) is 5.10. The van der Waals surface area contributed by atoms with Gasteiger partial charge in [-0.2, -0.15) is 0 Å². The van der Waals surface area contributed by atoms with Gasteiger partial charge in [-0.3, -0.25) is 0 Å². The van der Waals surface area contributed by atoms with Gasteiger partial charge in [0.1, 0.15) is 5.82 Å². The Morgan fingerprint density at radius 3 is 2.95 bits per heavy atom. The molecule has 0 radical (unpaired) electrons. The highest BCUT2D eigenvalue weighted by Crippen LogP contribution is 2.31. The number of hydrogen-bond donors (Lipinski definition) is 2. The minimum Gasteiger partial charge on any atom is -0.394 e. The number of anilines is 1. The van der Waals surface area contributed by atoms with E-state index in [1.807, 2.05) is 13.0 Å². The first-order valence-corrected chi connectivity index (χ1v) is 6.57. The number of hydrogen-bond acceptors (Lipinski definition) is 4. The van der Waals surface area contributed by atoms with Crippen LogP contribution in [-0.4, -0.2) is 37.0 Å². The summed E-state index contributed by atoms with van der Waals surface area (Å²) in [7, 11) is 0. The van der Waals surface area contributed by atoms with E-state index in [-0.39, 0.29) is 30.6 Å². The van der Waals surface area contributed by atoms with Crippen molar-refractivity contribution in [2.75, 3.05) is 24.7 Å². The predicted octanol–water partition coefficient (Wildman–Crippen LogP) is 1.43. The molecule has 0 amide bonds. The number of ether oxygens (including phenoxy) is 1. The molecule has 1 saturated heterocycles. The van der Waals surface area contributed by atoms with E-state index in [1.165, 1.54) is 6.07 Å². The first kappa shape index (κ1) is 14.2. The predicted molar refractivity (Wildman–Crippen MR) is 72.6 cm³/mol. The lowest BCUT2D eigenvalue weighted by Crippen LogP contribution is -2.50. The lowest BCUT2D eigenvalue weighted by molar-refractivity contribution is -0.0104. The Labute approximate surface area is 113 Å². The summed E-state index contributed by atoms with van der Waals surface area (Å²) in [5, 5.41) is 9.22. The number of benzene rings is 1. The zero-order chi connectivity index (χ0) is 14.0. The standard InChI is InChI=1S/C14H21FN2O2/c1-9-8-19-11(7-18)6-17(9)13-5-3-4-12(15)14(13)10(2)16/h3-5,9-11,18H,6-8,16H2,1-2H3/t9?,10-,11?/m1/s1. The Balaban J connectivity index is 2.37. The van der Waals surface area contributed by atoms with Gasteiger partial charge in [0.05, 0.1) is 19.3 Å². The van der Waals surface area contributed by atoms with Gasteiger partial charge in [-0.1, -0.05) is 6.07 Å². The van der Waals surface area contributed by atoms with Gasteiger partial charge in [-0.15, -0.1) is 0 Å². The van der Waals surface area contributed by atoms with Gasteiger partial charge < -0.3 is 20.5 Å². The first-order valence-electron chi connectivity index (χ1n) is 6.57. The quantitative estimate of drug-likeness (QED) is 0.870. The number of nitrogens with zero attached hydrogens (tertiary/aromatic N) is 1. The molecule has 2 rings (SSSR count). The molecule has 1 heterocycles. The fraction of sp³-hybridized carbons (Fsp3) is 0.571. The average Bonchev–Trinajstić information content (AvgIpc) is 2.38. The molecule has 5 heteroatoms. The van der Waals surface area contributed by atoms with Crippen molar-refractivity contribution in [1.82, 2.24) is 0 Å². The first-order chi connectivity index (χ1) is 9.04. The molecule has 0 saturated carbocycles. The van der Waals surface area contributed by atoms with Crippen LogP contribution in [-0.2, 0) is 4.74 Å². The largest absolute Gasteiger partial charge is 0.394 e. The summed E-state index contributed by atoms with van der Waals surface area (Å²) in [5.41, 5.74) is 7.20. The molecular weight excluding hydrogens is 247 g/mol. The Morgan fingerprint density at radius 2 is 2.32 bits per heavy atom. The van der Waals surface area contributed by atoms with Gasteiger partial charge in [0, 0.05) is 29.9 Å². The van der Waals surface area contributed by atoms with Crippen LogP contribution >= 0.6 is 0 Å². The molecule has 4 nitrogen and oxygen atoms in total. The fourth-order valence-electron chi connectivity index (χ4n) is 2.49. The Kier molecular flexibility index (Phi) is 4.39. The van der Waals surface area contributed by atoms with Crippen molar-refractivity contribution in [3.63, 3.8) is 0 Å². The van der Waals surface area contributed by atoms with Crippen LogP contribution in [0.3, 0.4) is 0 Å². The molecule has 2 unspecified atom stereocenters. The molecule has 106 valence electrons. The minimum absolute atomic E-state index is 0.0357. The molecule has 1 aromatic rings. The number of aliphatic hydroxyl groups is 1. The van der Waals surface area contributed by atoms with E-state index < -0.39 is 0 Å². The van der Waals surface area contributed by atoms with Crippen LogP contribution < -0.4 is 10.6 Å². The highest BCUT2D eigenvalue weighted by atomic mass is 19.1. The summed E-state index contributed by atoms with van der Waals surface area (Å²) in [5.74, 6) is -0.285. The van der Waals surface area contributed by atoms with Crippen LogP contribution in [0.1, 0.15) is 25.5 Å². The molecule has 19 heavy (non-hydrogen) atoms. The van der Waals surface area contributed by atoms with Gasteiger partial charge in [0.25, 0.3) is 0 Å². The molecule has 3 N–H and O–H groups in total. The Morgan fingerprint density at radius 1 is 1.58 bits per heavy atom. The Bertz CT molecular complexity index is 439. The van der Waals surface area contributed by atoms with Crippen LogP contribution in [0.4, 0.5) is 10.1 Å². The highest BCUT2D eigenvalue weighted by Gasteiger charge is 2.28. The molecule has 0 aromatic heterocycles. The van der Waals surface area contributed by atoms with E-state index in [1.54, 1.807) is 13.0 Å². The summed E-state index contributed by atoms with van der Waals surface area (Å²) in [6, 6.07) is 4.74. The third-order valence-corrected chi connectivity index (χ3v) is 3.50. The average molecular weight is 268 g/mol. The zero-order valence-corrected chi connectivity index (χ0v) is 11.3. The van der Waals surface area contributed by atoms with Crippen molar-refractivity contribution in [3.05, 3.63) is 29.6 Å². The minimum atomic E-state index is -0.376. The maximum absolute atomic E-state index is 14.0. The molecule has 0 aliphatic carbocycles. The van der Waals surface area contributed by atoms with E-state index in [9.17, 15) is 9.50 Å². The SMILES string of the molecule is CC1COC(CO)CN1c1cccc(F)c1[C@@H](C)N. The second-order valence-electron chi connectivity index (χ2n) is 5.10. The van der Waals surface area contributed by atoms with E-state index in [0.29, 0.717) is 18.7 Å². The van der Waals surface area contributed by atoms with Crippen molar-refractivity contribution in [2.45, 2.75) is 32.0 Å². The van der Waals surface area contributed by atoms with Crippen LogP contribution in [0, 0.1) is 5.82 Å². The van der Waals surface area contributed by atoms with Gasteiger partial charge in [-0.05, 0) is 26.0 Å². The van der Waals surface area contributed by atoms with Crippen molar-refractivity contribution in [2.24, 2.45) is 5.73 Å². The molecule has 1 fully saturated rings. The molecule has 1 aliphatic heterocycles. The van der Waals surface area contributed by atoms with Crippen molar-refractivity contribution < 1.29 is 14.2 Å². The number of aliphatic hydroxyl groups excluding tert-OH is 1. The maximum atomic E-state index is 14.0. The highest BCUT2D eigenvalue weighted by molar-refractivity contribution is 5.56. The molecule has 1 aliphatic rings. The smallest absolute Gasteiger partial charge is 0.130 e. The van der Waals surface area contributed by atoms with Crippen molar-refractivity contribution in [3.8, 4) is 0 Å². The van der Waals surface area contributed by atoms with E-state index in [2.05, 4.69) is 4.90 Å². The van der Waals surface area contributed by atoms with Gasteiger partial charge in [-0.25, -0.2) is 4.39 Å². The summed E-state index contributed by atoms with van der Waals surface area (Å²) < 4.78 is 19.5. The van der Waals surface area contributed by atoms with Crippen LogP contribution in [0.5, 0.6) is 0 Å². The normalized spacial score (nSPS) is 25.4. The summed E-state index contributed by atoms with van der Waals surface area (Å²) in [4.78, 5) is 2.06. The van der Waals surface area contributed by atoms with E-state index in [4.69, 9.17) is 10.5 Å². The van der Waals surface area contributed by atoms with Gasteiger partial charge >= 0.3 is 0 Å². The lowest BCUT2D eigenvalue weighted by atomic mass is 10.0. The van der Waals surface area contributed by atoms with Crippen LogP contribution in [0.15, 0.2) is 18.2 Å². The van der Waals surface area contributed by atoms with Crippen LogP contribution in [0.2, 0.25) is 0 Å². The molecule has 0 spiro atoms. The Hall–Kier alpha value is -1.17. The summed E-state index contributed by atoms with van der Waals surface area (Å²) in [6.45, 7) is 4.81. The van der Waals surface area contributed by atoms with E-state index >= 15 is 0 Å². The summed E-state index contributed by atoms with van der Waals surface area (Å²) >= 11 is 0. The summed E-state index contributed by atoms with van der Waals surface area (Å²) in [6.07, 6.45) is -0.236. The molecular formula is C14H21FN2O2.